The highest BCUT2D eigenvalue weighted by molar-refractivity contribution is 9.11. The van der Waals surface area contributed by atoms with Gasteiger partial charge in [-0.1, -0.05) is 29.3 Å². The number of nitro groups is 1. The molecule has 0 aliphatic rings. The average molecular weight is 297 g/mol. The largest absolute Gasteiger partial charge is 0.311 e. The Kier molecular flexibility index (Phi) is 3.92. The first kappa shape index (κ1) is 11.5. The van der Waals surface area contributed by atoms with E-state index in [2.05, 4.69) is 15.9 Å². The SMILES string of the molecule is O=[N+]([O-])/C(Br)=C/c1c(Cl)cccc1Cl. The van der Waals surface area contributed by atoms with E-state index in [1.807, 2.05) is 0 Å². The predicted octanol–water partition coefficient (Wildman–Crippen LogP) is 3.96. The van der Waals surface area contributed by atoms with Gasteiger partial charge in [0.05, 0.1) is 4.92 Å². The molecule has 0 atom stereocenters. The van der Waals surface area contributed by atoms with Crippen LogP contribution < -0.4 is 0 Å². The topological polar surface area (TPSA) is 43.1 Å². The van der Waals surface area contributed by atoms with Crippen molar-refractivity contribution in [3.63, 3.8) is 0 Å². The van der Waals surface area contributed by atoms with Crippen LogP contribution >= 0.6 is 39.1 Å². The van der Waals surface area contributed by atoms with Crippen LogP contribution in [0.15, 0.2) is 22.8 Å². The van der Waals surface area contributed by atoms with E-state index in [4.69, 9.17) is 23.2 Å². The predicted molar refractivity (Wildman–Crippen MR) is 60.4 cm³/mol. The van der Waals surface area contributed by atoms with E-state index in [-0.39, 0.29) is 4.61 Å². The Morgan fingerprint density at radius 1 is 1.43 bits per heavy atom. The maximum absolute atomic E-state index is 10.3. The molecule has 0 fully saturated rings. The Labute approximate surface area is 98.6 Å². The van der Waals surface area contributed by atoms with Gasteiger partial charge in [-0.2, -0.15) is 0 Å². The standard InChI is InChI=1S/C8H4BrCl2NO2/c9-8(12(13)14)4-5-6(10)2-1-3-7(5)11/h1-4H/b8-4+. The molecule has 74 valence electrons. The molecule has 0 aliphatic heterocycles. The molecule has 0 aromatic heterocycles. The lowest BCUT2D eigenvalue weighted by Crippen LogP contribution is -1.90. The normalized spacial score (nSPS) is 11.5. The molecule has 0 aliphatic carbocycles. The minimum absolute atomic E-state index is 0.187. The minimum atomic E-state index is -0.570. The number of hydrogen-bond donors (Lipinski definition) is 0. The maximum Gasteiger partial charge on any atom is 0.311 e. The van der Waals surface area contributed by atoms with Crippen LogP contribution in [-0.2, 0) is 0 Å². The van der Waals surface area contributed by atoms with Gasteiger partial charge in [-0.3, -0.25) is 10.1 Å². The van der Waals surface area contributed by atoms with Gasteiger partial charge in [0.25, 0.3) is 0 Å². The number of benzene rings is 1. The number of hydrogen-bond acceptors (Lipinski definition) is 2. The van der Waals surface area contributed by atoms with Gasteiger partial charge in [0, 0.05) is 37.6 Å². The van der Waals surface area contributed by atoms with E-state index in [1.165, 1.54) is 6.08 Å². The molecule has 1 aromatic carbocycles. The molecule has 0 unspecified atom stereocenters. The summed E-state index contributed by atoms with van der Waals surface area (Å²) < 4.78 is -0.187. The van der Waals surface area contributed by atoms with E-state index < -0.39 is 4.92 Å². The highest BCUT2D eigenvalue weighted by Crippen LogP contribution is 2.27. The summed E-state index contributed by atoms with van der Waals surface area (Å²) in [6.07, 6.45) is 1.27. The molecule has 14 heavy (non-hydrogen) atoms. The van der Waals surface area contributed by atoms with Crippen molar-refractivity contribution in [3.8, 4) is 0 Å². The fourth-order valence-electron chi connectivity index (χ4n) is 0.820. The first-order valence-electron chi connectivity index (χ1n) is 3.48. The van der Waals surface area contributed by atoms with Crippen LogP contribution in [0.5, 0.6) is 0 Å². The summed E-state index contributed by atoms with van der Waals surface area (Å²) in [7, 11) is 0. The van der Waals surface area contributed by atoms with Crippen LogP contribution in [0.3, 0.4) is 0 Å². The van der Waals surface area contributed by atoms with Gasteiger partial charge in [-0.15, -0.1) is 0 Å². The van der Waals surface area contributed by atoms with Gasteiger partial charge >= 0.3 is 4.61 Å². The zero-order valence-electron chi connectivity index (χ0n) is 6.71. The van der Waals surface area contributed by atoms with Crippen molar-refractivity contribution < 1.29 is 4.92 Å². The van der Waals surface area contributed by atoms with E-state index in [0.29, 0.717) is 15.6 Å². The highest BCUT2D eigenvalue weighted by atomic mass is 79.9. The summed E-state index contributed by atoms with van der Waals surface area (Å²) in [6, 6.07) is 4.89. The van der Waals surface area contributed by atoms with Gasteiger partial charge in [0.2, 0.25) is 0 Å². The Bertz CT molecular complexity index is 386. The summed E-state index contributed by atoms with van der Waals surface area (Å²) in [5.74, 6) is 0. The Hall–Kier alpha value is -0.580. The fourth-order valence-corrected chi connectivity index (χ4v) is 1.56. The minimum Gasteiger partial charge on any atom is -0.258 e. The molecular formula is C8H4BrCl2NO2. The molecule has 3 nitrogen and oxygen atoms in total. The summed E-state index contributed by atoms with van der Waals surface area (Å²) in [4.78, 5) is 9.76. The van der Waals surface area contributed by atoms with E-state index in [9.17, 15) is 10.1 Å². The van der Waals surface area contributed by atoms with Gasteiger partial charge in [0.15, 0.2) is 0 Å². The van der Waals surface area contributed by atoms with Crippen molar-refractivity contribution >= 4 is 45.2 Å². The zero-order chi connectivity index (χ0) is 10.7. The van der Waals surface area contributed by atoms with E-state index >= 15 is 0 Å². The third-order valence-corrected chi connectivity index (χ3v) is 2.62. The Morgan fingerprint density at radius 3 is 2.36 bits per heavy atom. The molecule has 0 heterocycles. The maximum atomic E-state index is 10.3. The first-order valence-corrected chi connectivity index (χ1v) is 5.03. The third kappa shape index (κ3) is 2.70. The number of rotatable bonds is 2. The second-order valence-electron chi connectivity index (χ2n) is 2.36. The van der Waals surface area contributed by atoms with Gasteiger partial charge < -0.3 is 0 Å². The summed E-state index contributed by atoms with van der Waals surface area (Å²) in [5, 5.41) is 11.1. The highest BCUT2D eigenvalue weighted by Gasteiger charge is 2.09. The van der Waals surface area contributed by atoms with Crippen LogP contribution in [0.25, 0.3) is 6.08 Å². The van der Waals surface area contributed by atoms with Crippen LogP contribution in [-0.4, -0.2) is 4.92 Å². The summed E-state index contributed by atoms with van der Waals surface area (Å²) in [5.41, 5.74) is 0.430. The van der Waals surface area contributed by atoms with Gasteiger partial charge in [-0.05, 0) is 12.1 Å². The average Bonchev–Trinajstić information content (AvgIpc) is 2.11. The molecule has 0 spiro atoms. The second-order valence-corrected chi connectivity index (χ2v) is 3.99. The van der Waals surface area contributed by atoms with Crippen LogP contribution in [0.4, 0.5) is 0 Å². The summed E-state index contributed by atoms with van der Waals surface area (Å²) in [6.45, 7) is 0. The van der Waals surface area contributed by atoms with E-state index in [1.54, 1.807) is 18.2 Å². The number of nitrogens with zero attached hydrogens (tertiary/aromatic N) is 1. The Balaban J connectivity index is 3.20. The van der Waals surface area contributed by atoms with Crippen LogP contribution in [0.1, 0.15) is 5.56 Å². The Morgan fingerprint density at radius 2 is 1.93 bits per heavy atom. The van der Waals surface area contributed by atoms with Gasteiger partial charge in [-0.25, -0.2) is 0 Å². The molecule has 1 aromatic rings. The molecule has 0 amide bonds. The first-order chi connectivity index (χ1) is 6.52. The van der Waals surface area contributed by atoms with Crippen molar-refractivity contribution in [3.05, 3.63) is 48.5 Å². The molecule has 0 bridgehead atoms. The van der Waals surface area contributed by atoms with Crippen molar-refractivity contribution in [2.75, 3.05) is 0 Å². The van der Waals surface area contributed by atoms with Crippen LogP contribution in [0.2, 0.25) is 10.0 Å². The number of halogens is 3. The smallest absolute Gasteiger partial charge is 0.258 e. The lowest BCUT2D eigenvalue weighted by atomic mass is 10.2. The molecule has 0 radical (unpaired) electrons. The molecule has 0 saturated heterocycles. The third-order valence-electron chi connectivity index (χ3n) is 1.44. The summed E-state index contributed by atoms with van der Waals surface area (Å²) >= 11 is 14.4. The van der Waals surface area contributed by atoms with E-state index in [0.717, 1.165) is 0 Å². The quantitative estimate of drug-likeness (QED) is 0.471. The van der Waals surface area contributed by atoms with Crippen molar-refractivity contribution in [1.82, 2.24) is 0 Å². The fraction of sp³-hybridized carbons (Fsp3) is 0. The molecular weight excluding hydrogens is 293 g/mol. The lowest BCUT2D eigenvalue weighted by molar-refractivity contribution is -0.407. The van der Waals surface area contributed by atoms with Gasteiger partial charge in [0.1, 0.15) is 0 Å². The molecule has 6 heteroatoms. The molecule has 1 rings (SSSR count). The second kappa shape index (κ2) is 4.77. The lowest BCUT2D eigenvalue weighted by Gasteiger charge is -1.99. The van der Waals surface area contributed by atoms with Crippen molar-refractivity contribution in [2.24, 2.45) is 0 Å². The molecule has 0 saturated carbocycles. The molecule has 0 N–H and O–H groups in total. The zero-order valence-corrected chi connectivity index (χ0v) is 9.80. The van der Waals surface area contributed by atoms with Crippen molar-refractivity contribution in [1.29, 1.82) is 0 Å². The van der Waals surface area contributed by atoms with Crippen LogP contribution in [0, 0.1) is 10.1 Å². The van der Waals surface area contributed by atoms with Crippen molar-refractivity contribution in [2.45, 2.75) is 0 Å². The monoisotopic (exact) mass is 295 g/mol.